The summed E-state index contributed by atoms with van der Waals surface area (Å²) in [4.78, 5) is 0. The molecule has 0 heterocycles. The fraction of sp³-hybridized carbons (Fsp3) is 0.625. The van der Waals surface area contributed by atoms with Crippen LogP contribution in [0.5, 0.6) is 0 Å². The Balaban J connectivity index is 2.30. The van der Waals surface area contributed by atoms with E-state index < -0.39 is 0 Å². The lowest BCUT2D eigenvalue weighted by molar-refractivity contribution is 0.148. The van der Waals surface area contributed by atoms with Gasteiger partial charge in [-0.2, -0.15) is 0 Å². The van der Waals surface area contributed by atoms with E-state index in [1.807, 2.05) is 0 Å². The molecule has 0 spiro atoms. The van der Waals surface area contributed by atoms with E-state index in [0.29, 0.717) is 0 Å². The summed E-state index contributed by atoms with van der Waals surface area (Å²) in [5.41, 5.74) is 4.19. The van der Waals surface area contributed by atoms with E-state index in [2.05, 4.69) is 51.2 Å². The average Bonchev–Trinajstić information content (AvgIpc) is 2.32. The number of benzene rings is 1. The van der Waals surface area contributed by atoms with Gasteiger partial charge in [-0.3, -0.25) is 0 Å². The van der Waals surface area contributed by atoms with E-state index in [1.54, 1.807) is 0 Å². The molecule has 0 aliphatic heterocycles. The van der Waals surface area contributed by atoms with Crippen molar-refractivity contribution in [2.45, 2.75) is 47.1 Å². The predicted molar refractivity (Wildman–Crippen MR) is 77.7 cm³/mol. The third-order valence-electron chi connectivity index (χ3n) is 3.58. The maximum absolute atomic E-state index is 9.18. The number of nitrogens with one attached hydrogen (secondary N) is 1. The molecule has 0 amide bonds. The molecule has 2 heteroatoms. The lowest BCUT2D eigenvalue weighted by atomic mass is 9.89. The fourth-order valence-electron chi connectivity index (χ4n) is 2.11. The first kappa shape index (κ1) is 15.2. The van der Waals surface area contributed by atoms with Crippen LogP contribution in [-0.2, 0) is 6.54 Å². The summed E-state index contributed by atoms with van der Waals surface area (Å²) in [7, 11) is 0. The van der Waals surface area contributed by atoms with Gasteiger partial charge in [-0.1, -0.05) is 32.0 Å². The molecule has 2 nitrogen and oxygen atoms in total. The molecule has 0 fully saturated rings. The minimum atomic E-state index is 0.0558. The third-order valence-corrected chi connectivity index (χ3v) is 3.58. The number of rotatable bonds is 7. The highest BCUT2D eigenvalue weighted by atomic mass is 16.3. The minimum Gasteiger partial charge on any atom is -0.396 e. The summed E-state index contributed by atoms with van der Waals surface area (Å²) in [6.45, 7) is 10.8. The lowest BCUT2D eigenvalue weighted by Crippen LogP contribution is -2.21. The van der Waals surface area contributed by atoms with E-state index in [9.17, 15) is 5.11 Å². The molecule has 102 valence electrons. The van der Waals surface area contributed by atoms with E-state index >= 15 is 0 Å². The van der Waals surface area contributed by atoms with Gasteiger partial charge in [0.05, 0.1) is 0 Å². The van der Waals surface area contributed by atoms with Gasteiger partial charge in [-0.25, -0.2) is 0 Å². The minimum absolute atomic E-state index is 0.0558. The second-order valence-electron chi connectivity index (χ2n) is 5.97. The molecule has 0 aliphatic rings. The van der Waals surface area contributed by atoms with Crippen molar-refractivity contribution in [1.82, 2.24) is 5.32 Å². The largest absolute Gasteiger partial charge is 0.396 e. The van der Waals surface area contributed by atoms with Gasteiger partial charge < -0.3 is 10.4 Å². The highest BCUT2D eigenvalue weighted by Gasteiger charge is 2.15. The van der Waals surface area contributed by atoms with E-state index in [0.717, 1.165) is 25.9 Å². The first-order chi connectivity index (χ1) is 8.46. The fourth-order valence-corrected chi connectivity index (χ4v) is 2.11. The molecular weight excluding hydrogens is 222 g/mol. The van der Waals surface area contributed by atoms with Gasteiger partial charge in [0, 0.05) is 13.2 Å². The van der Waals surface area contributed by atoms with Crippen molar-refractivity contribution < 1.29 is 5.11 Å². The summed E-state index contributed by atoms with van der Waals surface area (Å²) in [5, 5.41) is 12.7. The van der Waals surface area contributed by atoms with Crippen LogP contribution in [0.3, 0.4) is 0 Å². The Morgan fingerprint density at radius 2 is 1.78 bits per heavy atom. The molecule has 18 heavy (non-hydrogen) atoms. The van der Waals surface area contributed by atoms with E-state index in [-0.39, 0.29) is 12.0 Å². The zero-order valence-corrected chi connectivity index (χ0v) is 12.2. The van der Waals surface area contributed by atoms with Crippen molar-refractivity contribution in [2.75, 3.05) is 13.2 Å². The molecule has 0 atom stereocenters. The normalized spacial score (nSPS) is 11.8. The SMILES string of the molecule is Cc1cccc(C)c1CNCCCC(C)(C)CO. The Labute approximate surface area is 111 Å². The van der Waals surface area contributed by atoms with E-state index in [1.165, 1.54) is 16.7 Å². The van der Waals surface area contributed by atoms with Crippen LogP contribution in [0.15, 0.2) is 18.2 Å². The van der Waals surface area contributed by atoms with Crippen molar-refractivity contribution in [3.05, 3.63) is 34.9 Å². The quantitative estimate of drug-likeness (QED) is 0.727. The van der Waals surface area contributed by atoms with Crippen LogP contribution in [0.1, 0.15) is 43.4 Å². The maximum Gasteiger partial charge on any atom is 0.0482 e. The summed E-state index contributed by atoms with van der Waals surface area (Å²) in [6, 6.07) is 6.44. The Hall–Kier alpha value is -0.860. The number of hydrogen-bond donors (Lipinski definition) is 2. The van der Waals surface area contributed by atoms with Gasteiger partial charge in [-0.15, -0.1) is 0 Å². The molecule has 0 bridgehead atoms. The molecule has 0 unspecified atom stereocenters. The van der Waals surface area contributed by atoms with Crippen LogP contribution >= 0.6 is 0 Å². The third kappa shape index (κ3) is 4.79. The van der Waals surface area contributed by atoms with Crippen LogP contribution in [0.2, 0.25) is 0 Å². The molecule has 0 aliphatic carbocycles. The zero-order chi connectivity index (χ0) is 13.6. The molecular formula is C16H27NO. The Kier molecular flexibility index (Phi) is 5.83. The highest BCUT2D eigenvalue weighted by Crippen LogP contribution is 2.20. The van der Waals surface area contributed by atoms with Gasteiger partial charge >= 0.3 is 0 Å². The van der Waals surface area contributed by atoms with Crippen LogP contribution in [0.4, 0.5) is 0 Å². The van der Waals surface area contributed by atoms with E-state index in [4.69, 9.17) is 0 Å². The lowest BCUT2D eigenvalue weighted by Gasteiger charge is -2.21. The first-order valence-electron chi connectivity index (χ1n) is 6.83. The van der Waals surface area contributed by atoms with Crippen molar-refractivity contribution in [3.63, 3.8) is 0 Å². The standard InChI is InChI=1S/C16H27NO/c1-13-7-5-8-14(2)15(13)11-17-10-6-9-16(3,4)12-18/h5,7-8,17-18H,6,9-12H2,1-4H3. The average molecular weight is 249 g/mol. The molecule has 0 saturated heterocycles. The first-order valence-corrected chi connectivity index (χ1v) is 6.83. The second kappa shape index (κ2) is 6.91. The van der Waals surface area contributed by atoms with Gasteiger partial charge in [0.1, 0.15) is 0 Å². The van der Waals surface area contributed by atoms with Gasteiger partial charge in [0.2, 0.25) is 0 Å². The van der Waals surface area contributed by atoms with Crippen LogP contribution in [0.25, 0.3) is 0 Å². The van der Waals surface area contributed by atoms with Crippen molar-refractivity contribution in [1.29, 1.82) is 0 Å². The summed E-state index contributed by atoms with van der Waals surface area (Å²) >= 11 is 0. The second-order valence-corrected chi connectivity index (χ2v) is 5.97. The molecule has 0 aromatic heterocycles. The van der Waals surface area contributed by atoms with Crippen LogP contribution < -0.4 is 5.32 Å². The smallest absolute Gasteiger partial charge is 0.0482 e. The zero-order valence-electron chi connectivity index (χ0n) is 12.2. The van der Waals surface area contributed by atoms with Crippen LogP contribution in [-0.4, -0.2) is 18.3 Å². The van der Waals surface area contributed by atoms with Gasteiger partial charge in [0.15, 0.2) is 0 Å². The predicted octanol–water partition coefficient (Wildman–Crippen LogP) is 3.19. The van der Waals surface area contributed by atoms with Gasteiger partial charge in [-0.05, 0) is 55.3 Å². The number of aliphatic hydroxyl groups is 1. The Morgan fingerprint density at radius 1 is 1.17 bits per heavy atom. The molecule has 1 aromatic carbocycles. The van der Waals surface area contributed by atoms with Crippen molar-refractivity contribution in [3.8, 4) is 0 Å². The highest BCUT2D eigenvalue weighted by molar-refractivity contribution is 5.33. The van der Waals surface area contributed by atoms with Crippen molar-refractivity contribution in [2.24, 2.45) is 5.41 Å². The molecule has 0 radical (unpaired) electrons. The maximum atomic E-state index is 9.18. The summed E-state index contributed by atoms with van der Waals surface area (Å²) in [6.07, 6.45) is 2.17. The molecule has 1 aromatic rings. The Morgan fingerprint density at radius 3 is 2.33 bits per heavy atom. The molecule has 1 rings (SSSR count). The monoisotopic (exact) mass is 249 g/mol. The number of aryl methyl sites for hydroxylation is 2. The van der Waals surface area contributed by atoms with Gasteiger partial charge in [0.25, 0.3) is 0 Å². The van der Waals surface area contributed by atoms with Crippen molar-refractivity contribution >= 4 is 0 Å². The van der Waals surface area contributed by atoms with Crippen LogP contribution in [0, 0.1) is 19.3 Å². The number of hydrogen-bond acceptors (Lipinski definition) is 2. The molecule has 2 N–H and O–H groups in total. The number of aliphatic hydroxyl groups excluding tert-OH is 1. The molecule has 0 saturated carbocycles. The topological polar surface area (TPSA) is 32.3 Å². The summed E-state index contributed by atoms with van der Waals surface area (Å²) in [5.74, 6) is 0. The Bertz CT molecular complexity index is 351. The summed E-state index contributed by atoms with van der Waals surface area (Å²) < 4.78 is 0.